The molecule has 1 unspecified atom stereocenters. The number of carbonyl (C=O) groups excluding carboxylic acids is 1. The molecule has 0 saturated carbocycles. The zero-order valence-electron chi connectivity index (χ0n) is 9.37. The molecule has 1 atom stereocenters. The number of ether oxygens (including phenoxy) is 2. The van der Waals surface area contributed by atoms with Crippen LogP contribution in [0.4, 0.5) is 4.39 Å². The minimum atomic E-state index is -1.56. The highest BCUT2D eigenvalue weighted by atomic mass is 79.9. The summed E-state index contributed by atoms with van der Waals surface area (Å²) in [4.78, 5) is 11.3. The van der Waals surface area contributed by atoms with Gasteiger partial charge in [-0.15, -0.1) is 0 Å². The van der Waals surface area contributed by atoms with E-state index in [2.05, 4.69) is 20.7 Å². The average Bonchev–Trinajstić information content (AvgIpc) is 2.31. The van der Waals surface area contributed by atoms with E-state index in [4.69, 9.17) is 4.74 Å². The molecule has 1 aromatic rings. The van der Waals surface area contributed by atoms with E-state index in [1.807, 2.05) is 0 Å². The molecule has 17 heavy (non-hydrogen) atoms. The third-order valence-electron chi connectivity index (χ3n) is 2.09. The van der Waals surface area contributed by atoms with Gasteiger partial charge in [-0.1, -0.05) is 6.07 Å². The van der Waals surface area contributed by atoms with Crippen molar-refractivity contribution in [2.45, 2.75) is 13.0 Å². The molecule has 0 heterocycles. The van der Waals surface area contributed by atoms with Crippen LogP contribution in [0.3, 0.4) is 0 Å². The van der Waals surface area contributed by atoms with Crippen LogP contribution in [0.1, 0.15) is 18.6 Å². The molecule has 1 N–H and O–H groups in total. The van der Waals surface area contributed by atoms with E-state index in [0.717, 1.165) is 0 Å². The Hall–Kier alpha value is -1.14. The van der Waals surface area contributed by atoms with E-state index >= 15 is 0 Å². The van der Waals surface area contributed by atoms with E-state index in [0.29, 0.717) is 0 Å². The monoisotopic (exact) mass is 306 g/mol. The molecule has 0 saturated heterocycles. The number of rotatable bonds is 4. The topological polar surface area (TPSA) is 55.8 Å². The van der Waals surface area contributed by atoms with Gasteiger partial charge in [0, 0.05) is 5.56 Å². The minimum Gasteiger partial charge on any atom is -0.493 e. The van der Waals surface area contributed by atoms with Crippen molar-refractivity contribution in [1.82, 2.24) is 0 Å². The van der Waals surface area contributed by atoms with Crippen molar-refractivity contribution in [3.05, 3.63) is 28.0 Å². The molecule has 94 valence electrons. The standard InChI is InChI=1S/C11H12BrFO4/c1-3-17-11(15)9(14)6-4-5-7(12)8(13)10(6)16-2/h4-5,9,14H,3H2,1-2H3. The van der Waals surface area contributed by atoms with E-state index in [9.17, 15) is 14.3 Å². The van der Waals surface area contributed by atoms with Crippen LogP contribution in [0.15, 0.2) is 16.6 Å². The molecule has 0 radical (unpaired) electrons. The summed E-state index contributed by atoms with van der Waals surface area (Å²) in [7, 11) is 1.26. The normalized spacial score (nSPS) is 12.1. The fourth-order valence-corrected chi connectivity index (χ4v) is 1.63. The second kappa shape index (κ2) is 5.97. The highest BCUT2D eigenvalue weighted by Gasteiger charge is 2.25. The Morgan fingerprint density at radius 3 is 2.76 bits per heavy atom. The Morgan fingerprint density at radius 2 is 2.24 bits per heavy atom. The lowest BCUT2D eigenvalue weighted by molar-refractivity contribution is -0.153. The number of hydrogen-bond acceptors (Lipinski definition) is 4. The van der Waals surface area contributed by atoms with Crippen molar-refractivity contribution < 1.29 is 23.8 Å². The highest BCUT2D eigenvalue weighted by molar-refractivity contribution is 9.10. The summed E-state index contributed by atoms with van der Waals surface area (Å²) < 4.78 is 23.3. The molecular formula is C11H12BrFO4. The first-order chi connectivity index (χ1) is 8.02. The molecular weight excluding hydrogens is 295 g/mol. The lowest BCUT2D eigenvalue weighted by Gasteiger charge is -2.14. The van der Waals surface area contributed by atoms with Gasteiger partial charge in [0.1, 0.15) is 0 Å². The zero-order valence-corrected chi connectivity index (χ0v) is 11.0. The van der Waals surface area contributed by atoms with Crippen LogP contribution >= 0.6 is 15.9 Å². The van der Waals surface area contributed by atoms with Crippen LogP contribution in [0, 0.1) is 5.82 Å². The lowest BCUT2D eigenvalue weighted by atomic mass is 10.1. The molecule has 0 aromatic heterocycles. The molecule has 0 aliphatic heterocycles. The second-order valence-electron chi connectivity index (χ2n) is 3.14. The van der Waals surface area contributed by atoms with E-state index in [1.165, 1.54) is 19.2 Å². The molecule has 0 spiro atoms. The SMILES string of the molecule is CCOC(=O)C(O)c1ccc(Br)c(F)c1OC. The number of aliphatic hydroxyl groups is 1. The average molecular weight is 307 g/mol. The number of benzene rings is 1. The summed E-state index contributed by atoms with van der Waals surface area (Å²) in [6.45, 7) is 1.75. The quantitative estimate of drug-likeness (QED) is 0.866. The summed E-state index contributed by atoms with van der Waals surface area (Å²) in [5.41, 5.74) is 0.0339. The van der Waals surface area contributed by atoms with Gasteiger partial charge in [-0.25, -0.2) is 9.18 Å². The molecule has 0 aliphatic rings. The largest absolute Gasteiger partial charge is 0.493 e. The molecule has 1 rings (SSSR count). The molecule has 4 nitrogen and oxygen atoms in total. The van der Waals surface area contributed by atoms with Crippen LogP contribution in [0.25, 0.3) is 0 Å². The van der Waals surface area contributed by atoms with Crippen molar-refractivity contribution in [3.63, 3.8) is 0 Å². The van der Waals surface area contributed by atoms with Crippen molar-refractivity contribution in [3.8, 4) is 5.75 Å². The predicted molar refractivity (Wildman–Crippen MR) is 62.2 cm³/mol. The maximum Gasteiger partial charge on any atom is 0.339 e. The fraction of sp³-hybridized carbons (Fsp3) is 0.364. The van der Waals surface area contributed by atoms with Crippen molar-refractivity contribution in [1.29, 1.82) is 0 Å². The minimum absolute atomic E-state index is 0.0339. The molecule has 0 aliphatic carbocycles. The van der Waals surface area contributed by atoms with Gasteiger partial charge in [0.2, 0.25) is 0 Å². The number of esters is 1. The first-order valence-corrected chi connectivity index (χ1v) is 5.68. The predicted octanol–water partition coefficient (Wildman–Crippen LogP) is 2.19. The smallest absolute Gasteiger partial charge is 0.339 e. The van der Waals surface area contributed by atoms with Gasteiger partial charge in [-0.3, -0.25) is 0 Å². The molecule has 0 fully saturated rings. The van der Waals surface area contributed by atoms with Crippen molar-refractivity contribution in [2.24, 2.45) is 0 Å². The van der Waals surface area contributed by atoms with Crippen LogP contribution in [-0.4, -0.2) is 24.8 Å². The third kappa shape index (κ3) is 2.95. The lowest BCUT2D eigenvalue weighted by Crippen LogP contribution is -2.16. The van der Waals surface area contributed by atoms with Crippen molar-refractivity contribution >= 4 is 21.9 Å². The third-order valence-corrected chi connectivity index (χ3v) is 2.70. The Morgan fingerprint density at radius 1 is 1.59 bits per heavy atom. The van der Waals surface area contributed by atoms with Gasteiger partial charge >= 0.3 is 5.97 Å². The Bertz CT molecular complexity index is 422. The number of carbonyl (C=O) groups is 1. The van der Waals surface area contributed by atoms with Crippen LogP contribution in [0.2, 0.25) is 0 Å². The van der Waals surface area contributed by atoms with Gasteiger partial charge in [0.25, 0.3) is 0 Å². The fourth-order valence-electron chi connectivity index (χ4n) is 1.32. The number of methoxy groups -OCH3 is 1. The maximum atomic E-state index is 13.6. The summed E-state index contributed by atoms with van der Waals surface area (Å²) in [6.07, 6.45) is -1.56. The van der Waals surface area contributed by atoms with Crippen LogP contribution < -0.4 is 4.74 Å². The Labute approximate surface area is 106 Å². The molecule has 0 bridgehead atoms. The van der Waals surface area contributed by atoms with Crippen molar-refractivity contribution in [2.75, 3.05) is 13.7 Å². The molecule has 0 amide bonds. The van der Waals surface area contributed by atoms with Gasteiger partial charge in [-0.05, 0) is 28.9 Å². The number of halogens is 2. The Kier molecular flexibility index (Phi) is 4.89. The summed E-state index contributed by atoms with van der Waals surface area (Å²) in [5.74, 6) is -1.69. The Balaban J connectivity index is 3.13. The molecule has 1 aromatic carbocycles. The van der Waals surface area contributed by atoms with Crippen LogP contribution in [-0.2, 0) is 9.53 Å². The first kappa shape index (κ1) is 13.9. The summed E-state index contributed by atoms with van der Waals surface area (Å²) in [5, 5.41) is 9.71. The van der Waals surface area contributed by atoms with E-state index in [1.54, 1.807) is 6.92 Å². The first-order valence-electron chi connectivity index (χ1n) is 4.89. The zero-order chi connectivity index (χ0) is 13.0. The summed E-state index contributed by atoms with van der Waals surface area (Å²) in [6, 6.07) is 2.78. The highest BCUT2D eigenvalue weighted by Crippen LogP contribution is 2.33. The summed E-state index contributed by atoms with van der Waals surface area (Å²) >= 11 is 2.99. The van der Waals surface area contributed by atoms with Gasteiger partial charge in [-0.2, -0.15) is 0 Å². The van der Waals surface area contributed by atoms with Gasteiger partial charge < -0.3 is 14.6 Å². The second-order valence-corrected chi connectivity index (χ2v) is 3.99. The van der Waals surface area contributed by atoms with Gasteiger partial charge in [0.15, 0.2) is 17.7 Å². The maximum absolute atomic E-state index is 13.6. The number of hydrogen-bond donors (Lipinski definition) is 1. The van der Waals surface area contributed by atoms with Gasteiger partial charge in [0.05, 0.1) is 18.2 Å². The van der Waals surface area contributed by atoms with Crippen LogP contribution in [0.5, 0.6) is 5.75 Å². The van der Waals surface area contributed by atoms with E-state index in [-0.39, 0.29) is 22.4 Å². The van der Waals surface area contributed by atoms with E-state index < -0.39 is 17.9 Å². The number of aliphatic hydroxyl groups excluding tert-OH is 1. The molecule has 6 heteroatoms.